The molecule has 0 aromatic carbocycles. The Morgan fingerprint density at radius 3 is 2.93 bits per heavy atom. The number of esters is 1. The molecule has 0 aliphatic rings. The number of hydrogen-bond acceptors (Lipinski definition) is 6. The van der Waals surface area contributed by atoms with Gasteiger partial charge in [0.05, 0.1) is 11.5 Å². The Balaban J connectivity index is 3.23. The molecule has 0 saturated carbocycles. The lowest BCUT2D eigenvalue weighted by Crippen LogP contribution is -2.11. The zero-order valence-electron chi connectivity index (χ0n) is 7.97. The molecule has 15 heavy (non-hydrogen) atoms. The first-order chi connectivity index (χ1) is 7.07. The van der Waals surface area contributed by atoms with Gasteiger partial charge >= 0.3 is 11.7 Å². The fraction of sp³-hybridized carbons (Fsp3) is 0.250. The zero-order chi connectivity index (χ0) is 11.4. The molecular weight excluding hydrogens is 202 g/mol. The second-order valence-corrected chi connectivity index (χ2v) is 2.57. The van der Waals surface area contributed by atoms with Gasteiger partial charge in [0, 0.05) is 6.20 Å². The summed E-state index contributed by atoms with van der Waals surface area (Å²) in [4.78, 5) is 24.7. The van der Waals surface area contributed by atoms with Gasteiger partial charge in [0.25, 0.3) is 0 Å². The van der Waals surface area contributed by atoms with Crippen LogP contribution in [0.2, 0.25) is 0 Å². The average Bonchev–Trinajstić information content (AvgIpc) is 2.17. The molecule has 0 bridgehead atoms. The van der Waals surface area contributed by atoms with Gasteiger partial charge in [-0.1, -0.05) is 0 Å². The van der Waals surface area contributed by atoms with Crippen molar-refractivity contribution in [2.75, 3.05) is 12.3 Å². The number of anilines is 1. The fourth-order valence-corrected chi connectivity index (χ4v) is 1.01. The fourth-order valence-electron chi connectivity index (χ4n) is 1.01. The van der Waals surface area contributed by atoms with Crippen LogP contribution in [0.4, 0.5) is 11.4 Å². The normalized spacial score (nSPS) is 9.67. The molecule has 7 heteroatoms. The highest BCUT2D eigenvalue weighted by molar-refractivity contribution is 5.94. The third-order valence-electron chi connectivity index (χ3n) is 1.61. The van der Waals surface area contributed by atoms with Gasteiger partial charge in [0.15, 0.2) is 0 Å². The molecule has 0 unspecified atom stereocenters. The minimum atomic E-state index is -0.850. The summed E-state index contributed by atoms with van der Waals surface area (Å²) in [5.74, 6) is -0.850. The van der Waals surface area contributed by atoms with Gasteiger partial charge in [-0.2, -0.15) is 0 Å². The van der Waals surface area contributed by atoms with E-state index < -0.39 is 16.6 Å². The van der Waals surface area contributed by atoms with Crippen molar-refractivity contribution in [3.8, 4) is 0 Å². The maximum Gasteiger partial charge on any atom is 0.364 e. The van der Waals surface area contributed by atoms with E-state index in [0.29, 0.717) is 0 Å². The van der Waals surface area contributed by atoms with E-state index in [9.17, 15) is 14.9 Å². The number of pyridine rings is 1. The summed E-state index contributed by atoms with van der Waals surface area (Å²) in [6.07, 6.45) is 1.22. The van der Waals surface area contributed by atoms with E-state index >= 15 is 0 Å². The summed E-state index contributed by atoms with van der Waals surface area (Å²) in [6.45, 7) is 1.71. The number of nitro groups is 1. The summed E-state index contributed by atoms with van der Waals surface area (Å²) in [6, 6.07) is 1.25. The molecule has 0 fully saturated rings. The number of nitrogens with two attached hydrogens (primary N) is 1. The van der Waals surface area contributed by atoms with Crippen LogP contribution in [-0.2, 0) is 4.74 Å². The van der Waals surface area contributed by atoms with Crippen molar-refractivity contribution in [1.29, 1.82) is 0 Å². The predicted octanol–water partition coefficient (Wildman–Crippen LogP) is 0.749. The minimum absolute atomic E-state index is 0.113. The molecule has 1 aromatic heterocycles. The number of nitrogens with zero attached hydrogens (tertiary/aromatic N) is 2. The van der Waals surface area contributed by atoms with Crippen molar-refractivity contribution in [1.82, 2.24) is 4.98 Å². The molecule has 0 atom stereocenters. The van der Waals surface area contributed by atoms with Crippen molar-refractivity contribution >= 4 is 17.3 Å². The van der Waals surface area contributed by atoms with Crippen LogP contribution in [0.1, 0.15) is 17.4 Å². The summed E-state index contributed by atoms with van der Waals surface area (Å²) < 4.78 is 4.61. The van der Waals surface area contributed by atoms with E-state index in [1.165, 1.54) is 12.3 Å². The highest BCUT2D eigenvalue weighted by Crippen LogP contribution is 2.24. The van der Waals surface area contributed by atoms with Gasteiger partial charge in [0.1, 0.15) is 5.69 Å². The second-order valence-electron chi connectivity index (χ2n) is 2.57. The standard InChI is InChI=1S/C8H9N3O4/c1-2-15-8(12)6-7(11(13)14)5(9)3-4-10-6/h3-4H,2H2,1H3,(H2,9,10). The van der Waals surface area contributed by atoms with Crippen molar-refractivity contribution < 1.29 is 14.5 Å². The molecule has 1 aromatic rings. The van der Waals surface area contributed by atoms with Crippen LogP contribution in [0.5, 0.6) is 0 Å². The Kier molecular flexibility index (Phi) is 3.17. The summed E-state index contributed by atoms with van der Waals surface area (Å²) in [7, 11) is 0. The van der Waals surface area contributed by atoms with E-state index in [0.717, 1.165) is 0 Å². The van der Waals surface area contributed by atoms with Crippen LogP contribution in [0.3, 0.4) is 0 Å². The number of ether oxygens (including phenoxy) is 1. The summed E-state index contributed by atoms with van der Waals surface area (Å²) in [5, 5.41) is 10.6. The molecule has 0 aliphatic carbocycles. The minimum Gasteiger partial charge on any atom is -0.461 e. The highest BCUT2D eigenvalue weighted by Gasteiger charge is 2.25. The Bertz CT molecular complexity index is 405. The molecule has 0 radical (unpaired) electrons. The summed E-state index contributed by atoms with van der Waals surface area (Å²) in [5.41, 5.74) is 4.36. The van der Waals surface area contributed by atoms with Gasteiger partial charge in [-0.05, 0) is 13.0 Å². The number of carbonyl (C=O) groups excluding carboxylic acids is 1. The molecule has 1 heterocycles. The van der Waals surface area contributed by atoms with E-state index in [-0.39, 0.29) is 18.0 Å². The number of aromatic nitrogens is 1. The van der Waals surface area contributed by atoms with Crippen molar-refractivity contribution in [3.05, 3.63) is 28.1 Å². The lowest BCUT2D eigenvalue weighted by Gasteiger charge is -2.03. The van der Waals surface area contributed by atoms with Gasteiger partial charge < -0.3 is 10.5 Å². The molecule has 0 amide bonds. The molecule has 2 N–H and O–H groups in total. The van der Waals surface area contributed by atoms with Crippen molar-refractivity contribution in [2.45, 2.75) is 6.92 Å². The van der Waals surface area contributed by atoms with Crippen LogP contribution >= 0.6 is 0 Å². The Hall–Kier alpha value is -2.18. The van der Waals surface area contributed by atoms with Crippen LogP contribution in [-0.4, -0.2) is 22.5 Å². The third kappa shape index (κ3) is 2.19. The van der Waals surface area contributed by atoms with Crippen molar-refractivity contribution in [3.63, 3.8) is 0 Å². The Morgan fingerprint density at radius 1 is 1.73 bits per heavy atom. The first kappa shape index (κ1) is 10.9. The maximum atomic E-state index is 11.3. The van der Waals surface area contributed by atoms with E-state index in [2.05, 4.69) is 9.72 Å². The number of hydrogen-bond donors (Lipinski definition) is 1. The second kappa shape index (κ2) is 4.36. The number of nitrogen functional groups attached to an aromatic ring is 1. The molecule has 0 saturated heterocycles. The van der Waals surface area contributed by atoms with Crippen molar-refractivity contribution in [2.24, 2.45) is 0 Å². The van der Waals surface area contributed by atoms with E-state index in [4.69, 9.17) is 5.73 Å². The average molecular weight is 211 g/mol. The van der Waals surface area contributed by atoms with Gasteiger partial charge in [-0.25, -0.2) is 9.78 Å². The molecule has 7 nitrogen and oxygen atoms in total. The Labute approximate surface area is 85.0 Å². The van der Waals surface area contributed by atoms with Crippen LogP contribution in [0, 0.1) is 10.1 Å². The van der Waals surface area contributed by atoms with Crippen LogP contribution in [0.25, 0.3) is 0 Å². The monoisotopic (exact) mass is 211 g/mol. The predicted molar refractivity (Wildman–Crippen MR) is 51.3 cm³/mol. The molecular formula is C8H9N3O4. The smallest absolute Gasteiger partial charge is 0.364 e. The largest absolute Gasteiger partial charge is 0.461 e. The topological polar surface area (TPSA) is 108 Å². The molecule has 0 spiro atoms. The van der Waals surface area contributed by atoms with E-state index in [1.54, 1.807) is 6.92 Å². The first-order valence-corrected chi connectivity index (χ1v) is 4.14. The lowest BCUT2D eigenvalue weighted by molar-refractivity contribution is -0.384. The van der Waals surface area contributed by atoms with Crippen LogP contribution < -0.4 is 5.73 Å². The quantitative estimate of drug-likeness (QED) is 0.449. The van der Waals surface area contributed by atoms with Gasteiger partial charge in [-0.3, -0.25) is 10.1 Å². The highest BCUT2D eigenvalue weighted by atomic mass is 16.6. The Morgan fingerprint density at radius 2 is 2.40 bits per heavy atom. The zero-order valence-corrected chi connectivity index (χ0v) is 7.97. The van der Waals surface area contributed by atoms with E-state index in [1.807, 2.05) is 0 Å². The van der Waals surface area contributed by atoms with Gasteiger partial charge in [0.2, 0.25) is 5.69 Å². The number of carbonyl (C=O) groups is 1. The van der Waals surface area contributed by atoms with Gasteiger partial charge in [-0.15, -0.1) is 0 Å². The first-order valence-electron chi connectivity index (χ1n) is 4.14. The molecule has 0 aliphatic heterocycles. The SMILES string of the molecule is CCOC(=O)c1nccc(N)c1[N+](=O)[O-]. The van der Waals surface area contributed by atoms with Crippen LogP contribution in [0.15, 0.2) is 12.3 Å². The molecule has 80 valence electrons. The maximum absolute atomic E-state index is 11.3. The number of rotatable bonds is 3. The summed E-state index contributed by atoms with van der Waals surface area (Å²) >= 11 is 0. The lowest BCUT2D eigenvalue weighted by atomic mass is 10.2. The molecule has 1 rings (SSSR count). The third-order valence-corrected chi connectivity index (χ3v) is 1.61.